The van der Waals surface area contributed by atoms with Crippen molar-refractivity contribution in [3.8, 4) is 5.75 Å². The van der Waals surface area contributed by atoms with E-state index in [1.807, 2.05) is 13.1 Å². The lowest BCUT2D eigenvalue weighted by atomic mass is 9.81. The van der Waals surface area contributed by atoms with E-state index < -0.39 is 0 Å². The van der Waals surface area contributed by atoms with E-state index in [9.17, 15) is 0 Å². The van der Waals surface area contributed by atoms with Gasteiger partial charge in [0.05, 0.1) is 7.11 Å². The average Bonchev–Trinajstić information content (AvgIpc) is 3.03. The number of hydrogen-bond acceptors (Lipinski definition) is 2. The third kappa shape index (κ3) is 2.06. The van der Waals surface area contributed by atoms with Crippen LogP contribution in [0.1, 0.15) is 25.8 Å². The molecular weight excluding hydrogens is 210 g/mol. The van der Waals surface area contributed by atoms with Gasteiger partial charge in [0.2, 0.25) is 0 Å². The standard InChI is InChI=1S/C15H23NO/c1-11-9-15(11,12(2)10-16-3)13-6-5-7-14(8-13)17-4/h5-8,11-12,16H,9-10H2,1-4H3/t11-,12+,15+/m1/s1. The fourth-order valence-corrected chi connectivity index (χ4v) is 3.22. The maximum atomic E-state index is 5.34. The van der Waals surface area contributed by atoms with Crippen LogP contribution in [0.5, 0.6) is 5.75 Å². The van der Waals surface area contributed by atoms with Gasteiger partial charge in [0.15, 0.2) is 0 Å². The van der Waals surface area contributed by atoms with Crippen LogP contribution < -0.4 is 10.1 Å². The van der Waals surface area contributed by atoms with Crippen molar-refractivity contribution in [2.24, 2.45) is 11.8 Å². The van der Waals surface area contributed by atoms with Crippen LogP contribution in [0.2, 0.25) is 0 Å². The second-order valence-electron chi connectivity index (χ2n) is 5.34. The zero-order valence-corrected chi connectivity index (χ0v) is 11.3. The summed E-state index contributed by atoms with van der Waals surface area (Å²) in [5.74, 6) is 2.41. The molecule has 0 radical (unpaired) electrons. The number of hydrogen-bond donors (Lipinski definition) is 1. The molecule has 0 aliphatic heterocycles. The SMILES string of the molecule is CNC[C@H](C)[C@]1(c2cccc(OC)c2)C[C@H]1C. The van der Waals surface area contributed by atoms with Gasteiger partial charge in [-0.25, -0.2) is 0 Å². The van der Waals surface area contributed by atoms with E-state index in [-0.39, 0.29) is 0 Å². The molecule has 0 heterocycles. The van der Waals surface area contributed by atoms with E-state index in [2.05, 4.69) is 37.4 Å². The fraction of sp³-hybridized carbons (Fsp3) is 0.600. The topological polar surface area (TPSA) is 21.3 Å². The summed E-state index contributed by atoms with van der Waals surface area (Å²) in [6.07, 6.45) is 1.29. The minimum atomic E-state index is 0.359. The lowest BCUT2D eigenvalue weighted by molar-refractivity contribution is 0.391. The Morgan fingerprint density at radius 1 is 1.53 bits per heavy atom. The van der Waals surface area contributed by atoms with Gasteiger partial charge in [-0.15, -0.1) is 0 Å². The van der Waals surface area contributed by atoms with Gasteiger partial charge in [-0.3, -0.25) is 0 Å². The third-order valence-electron chi connectivity index (χ3n) is 4.36. The molecule has 94 valence electrons. The quantitative estimate of drug-likeness (QED) is 0.844. The van der Waals surface area contributed by atoms with Gasteiger partial charge >= 0.3 is 0 Å². The smallest absolute Gasteiger partial charge is 0.119 e. The van der Waals surface area contributed by atoms with Gasteiger partial charge in [-0.2, -0.15) is 0 Å². The molecule has 1 aromatic rings. The zero-order valence-electron chi connectivity index (χ0n) is 11.3. The lowest BCUT2D eigenvalue weighted by Gasteiger charge is -2.25. The van der Waals surface area contributed by atoms with E-state index in [0.717, 1.165) is 18.2 Å². The van der Waals surface area contributed by atoms with Crippen LogP contribution in [-0.4, -0.2) is 20.7 Å². The molecule has 0 saturated heterocycles. The summed E-state index contributed by atoms with van der Waals surface area (Å²) in [7, 11) is 3.77. The Morgan fingerprint density at radius 2 is 2.24 bits per heavy atom. The molecule has 1 aromatic carbocycles. The molecule has 1 N–H and O–H groups in total. The van der Waals surface area contributed by atoms with Gasteiger partial charge in [0, 0.05) is 5.41 Å². The average molecular weight is 233 g/mol. The number of rotatable bonds is 5. The molecule has 1 aliphatic rings. The zero-order chi connectivity index (χ0) is 12.5. The number of nitrogens with one attached hydrogen (secondary N) is 1. The van der Waals surface area contributed by atoms with Crippen LogP contribution in [0, 0.1) is 11.8 Å². The van der Waals surface area contributed by atoms with Gasteiger partial charge in [0.1, 0.15) is 5.75 Å². The monoisotopic (exact) mass is 233 g/mol. The van der Waals surface area contributed by atoms with Gasteiger partial charge < -0.3 is 10.1 Å². The Bertz CT molecular complexity index is 390. The summed E-state index contributed by atoms with van der Waals surface area (Å²) in [5, 5.41) is 3.30. The Morgan fingerprint density at radius 3 is 2.76 bits per heavy atom. The number of ether oxygens (including phenoxy) is 1. The molecule has 0 spiro atoms. The van der Waals surface area contributed by atoms with E-state index >= 15 is 0 Å². The second kappa shape index (κ2) is 4.69. The van der Waals surface area contributed by atoms with Crippen molar-refractivity contribution in [3.05, 3.63) is 29.8 Å². The molecule has 1 saturated carbocycles. The molecule has 2 nitrogen and oxygen atoms in total. The Balaban J connectivity index is 2.29. The molecule has 0 unspecified atom stereocenters. The predicted molar refractivity (Wildman–Crippen MR) is 71.5 cm³/mol. The largest absolute Gasteiger partial charge is 0.497 e. The van der Waals surface area contributed by atoms with Crippen molar-refractivity contribution in [1.82, 2.24) is 5.32 Å². The highest BCUT2D eigenvalue weighted by atomic mass is 16.5. The second-order valence-corrected chi connectivity index (χ2v) is 5.34. The maximum Gasteiger partial charge on any atom is 0.119 e. The molecule has 1 fully saturated rings. The summed E-state index contributed by atoms with van der Waals surface area (Å²) in [5.41, 5.74) is 1.80. The number of benzene rings is 1. The Labute approximate surface area is 104 Å². The van der Waals surface area contributed by atoms with Crippen LogP contribution in [0.3, 0.4) is 0 Å². The highest BCUT2D eigenvalue weighted by Gasteiger charge is 2.55. The van der Waals surface area contributed by atoms with Gasteiger partial charge in [-0.05, 0) is 49.5 Å². The summed E-state index contributed by atoms with van der Waals surface area (Å²) in [6.45, 7) is 5.77. The van der Waals surface area contributed by atoms with Crippen LogP contribution in [0.15, 0.2) is 24.3 Å². The minimum absolute atomic E-state index is 0.359. The van der Waals surface area contributed by atoms with E-state index in [1.165, 1.54) is 12.0 Å². The van der Waals surface area contributed by atoms with E-state index in [1.54, 1.807) is 7.11 Å². The molecule has 2 rings (SSSR count). The molecule has 3 atom stereocenters. The predicted octanol–water partition coefficient (Wildman–Crippen LogP) is 2.83. The van der Waals surface area contributed by atoms with Gasteiger partial charge in [0.25, 0.3) is 0 Å². The Hall–Kier alpha value is -1.02. The summed E-state index contributed by atoms with van der Waals surface area (Å²) >= 11 is 0. The Kier molecular flexibility index (Phi) is 3.43. The molecule has 0 amide bonds. The lowest BCUT2D eigenvalue weighted by Crippen LogP contribution is -2.29. The summed E-state index contributed by atoms with van der Waals surface area (Å²) in [6, 6.07) is 8.58. The van der Waals surface area contributed by atoms with Crippen molar-refractivity contribution < 1.29 is 4.74 Å². The van der Waals surface area contributed by atoms with Crippen LogP contribution in [0.25, 0.3) is 0 Å². The summed E-state index contributed by atoms with van der Waals surface area (Å²) < 4.78 is 5.34. The first kappa shape index (κ1) is 12.4. The van der Waals surface area contributed by atoms with Gasteiger partial charge in [-0.1, -0.05) is 26.0 Å². The number of methoxy groups -OCH3 is 1. The maximum absolute atomic E-state index is 5.34. The minimum Gasteiger partial charge on any atom is -0.497 e. The molecule has 17 heavy (non-hydrogen) atoms. The highest BCUT2D eigenvalue weighted by molar-refractivity contribution is 5.39. The normalized spacial score (nSPS) is 28.8. The van der Waals surface area contributed by atoms with Crippen molar-refractivity contribution >= 4 is 0 Å². The first-order chi connectivity index (χ1) is 8.15. The summed E-state index contributed by atoms with van der Waals surface area (Å²) in [4.78, 5) is 0. The van der Waals surface area contributed by atoms with E-state index in [4.69, 9.17) is 4.74 Å². The van der Waals surface area contributed by atoms with Crippen LogP contribution in [-0.2, 0) is 5.41 Å². The molecular formula is C15H23NO. The van der Waals surface area contributed by atoms with Crippen molar-refractivity contribution in [3.63, 3.8) is 0 Å². The van der Waals surface area contributed by atoms with Crippen molar-refractivity contribution in [2.45, 2.75) is 25.7 Å². The molecule has 2 heteroatoms. The first-order valence-electron chi connectivity index (χ1n) is 6.44. The van der Waals surface area contributed by atoms with Crippen LogP contribution >= 0.6 is 0 Å². The van der Waals surface area contributed by atoms with Crippen LogP contribution in [0.4, 0.5) is 0 Å². The highest BCUT2D eigenvalue weighted by Crippen LogP contribution is 2.59. The third-order valence-corrected chi connectivity index (χ3v) is 4.36. The van der Waals surface area contributed by atoms with Crippen molar-refractivity contribution in [1.29, 1.82) is 0 Å². The molecule has 0 aromatic heterocycles. The molecule has 1 aliphatic carbocycles. The van der Waals surface area contributed by atoms with Crippen molar-refractivity contribution in [2.75, 3.05) is 20.7 Å². The van der Waals surface area contributed by atoms with E-state index in [0.29, 0.717) is 11.3 Å². The first-order valence-corrected chi connectivity index (χ1v) is 6.44. The molecule has 0 bridgehead atoms. The fourth-order valence-electron chi connectivity index (χ4n) is 3.22.